The first-order valence-corrected chi connectivity index (χ1v) is 4.39. The summed E-state index contributed by atoms with van der Waals surface area (Å²) in [6.07, 6.45) is -4.57. The van der Waals surface area contributed by atoms with E-state index < -0.39 is 18.0 Å². The summed E-state index contributed by atoms with van der Waals surface area (Å²) in [5.74, 6) is -0.762. The fraction of sp³-hybridized carbons (Fsp3) is 0.250. The van der Waals surface area contributed by atoms with Crippen LogP contribution in [0.4, 0.5) is 17.6 Å². The molecule has 1 atom stereocenters. The van der Waals surface area contributed by atoms with Gasteiger partial charge < -0.3 is 5.73 Å². The third-order valence-electron chi connectivity index (χ3n) is 1.67. The average molecular weight is 308 g/mol. The summed E-state index contributed by atoms with van der Waals surface area (Å²) in [6, 6.07) is 1.19. The highest BCUT2D eigenvalue weighted by molar-refractivity contribution is 9.10. The molecule has 1 aromatic rings. The predicted octanol–water partition coefficient (Wildman–Crippen LogP) is 3.57. The van der Waals surface area contributed by atoms with Crippen molar-refractivity contribution < 1.29 is 17.6 Å². The third kappa shape index (κ3) is 3.32. The summed E-state index contributed by atoms with van der Waals surface area (Å²) in [5, 5.41) is 0. The van der Waals surface area contributed by atoms with Crippen molar-refractivity contribution in [2.75, 3.05) is 0 Å². The van der Waals surface area contributed by atoms with Crippen molar-refractivity contribution in [1.29, 1.82) is 0 Å². The van der Waals surface area contributed by atoms with Gasteiger partial charge in [0.2, 0.25) is 0 Å². The highest BCUT2D eigenvalue weighted by Gasteiger charge is 2.39. The maximum atomic E-state index is 12.9. The Labute approximate surface area is 98.2 Å². The van der Waals surface area contributed by atoms with Crippen LogP contribution in [0.1, 0.15) is 11.6 Å². The number of hydrogen-bond donors (Lipinski definition) is 1. The number of benzene rings is 1. The quantitative estimate of drug-likeness (QED) is 0.789. The van der Waals surface area contributed by atoms with Gasteiger partial charge in [-0.2, -0.15) is 13.2 Å². The number of rotatable bonds is 1. The lowest BCUT2D eigenvalue weighted by atomic mass is 10.1. The smallest absolute Gasteiger partial charge is 0.316 e. The van der Waals surface area contributed by atoms with Crippen LogP contribution < -0.4 is 5.73 Å². The van der Waals surface area contributed by atoms with Gasteiger partial charge in [-0.1, -0.05) is 12.1 Å². The van der Waals surface area contributed by atoms with E-state index in [1.165, 1.54) is 6.07 Å². The normalized spacial score (nSPS) is 13.2. The summed E-state index contributed by atoms with van der Waals surface area (Å²) in [6.45, 7) is 0. The molecule has 0 aliphatic rings. The standard InChI is InChI=1S/C8H6BrF4N.ClH/c9-6-4(2-1-3-5(6)10)7(14)8(11,12)13;/h1-3,7H,14H2;1H/t7-;/m1./s1. The number of nitrogens with two attached hydrogens (primary N) is 1. The van der Waals surface area contributed by atoms with Crippen molar-refractivity contribution >= 4 is 28.3 Å². The molecular weight excluding hydrogens is 301 g/mol. The second-order valence-electron chi connectivity index (χ2n) is 2.66. The van der Waals surface area contributed by atoms with Crippen molar-refractivity contribution in [3.63, 3.8) is 0 Å². The Morgan fingerprint density at radius 1 is 1.27 bits per heavy atom. The second kappa shape index (κ2) is 5.14. The van der Waals surface area contributed by atoms with Gasteiger partial charge in [0.1, 0.15) is 11.9 Å². The number of halogens is 6. The van der Waals surface area contributed by atoms with Crippen molar-refractivity contribution in [1.82, 2.24) is 0 Å². The second-order valence-corrected chi connectivity index (χ2v) is 3.46. The van der Waals surface area contributed by atoms with Crippen LogP contribution in [0.2, 0.25) is 0 Å². The first-order chi connectivity index (χ1) is 6.34. The molecule has 15 heavy (non-hydrogen) atoms. The van der Waals surface area contributed by atoms with Gasteiger partial charge in [0.15, 0.2) is 0 Å². The zero-order valence-corrected chi connectivity index (χ0v) is 9.59. The van der Waals surface area contributed by atoms with Crippen LogP contribution in [-0.2, 0) is 0 Å². The van der Waals surface area contributed by atoms with Crippen LogP contribution in [0.25, 0.3) is 0 Å². The molecule has 0 amide bonds. The van der Waals surface area contributed by atoms with Crippen LogP contribution in [-0.4, -0.2) is 6.18 Å². The lowest BCUT2D eigenvalue weighted by molar-refractivity contribution is -0.149. The summed E-state index contributed by atoms with van der Waals surface area (Å²) in [7, 11) is 0. The van der Waals surface area contributed by atoms with Crippen LogP contribution in [0.15, 0.2) is 22.7 Å². The Kier molecular flexibility index (Phi) is 5.02. The molecule has 0 radical (unpaired) electrons. The van der Waals surface area contributed by atoms with Crippen molar-refractivity contribution in [2.45, 2.75) is 12.2 Å². The van der Waals surface area contributed by atoms with Gasteiger partial charge in [0, 0.05) is 0 Å². The molecule has 1 aromatic carbocycles. The maximum absolute atomic E-state index is 12.9. The monoisotopic (exact) mass is 307 g/mol. The van der Waals surface area contributed by atoms with Crippen molar-refractivity contribution in [3.8, 4) is 0 Å². The molecule has 0 fully saturated rings. The van der Waals surface area contributed by atoms with Gasteiger partial charge in [-0.25, -0.2) is 4.39 Å². The van der Waals surface area contributed by atoms with E-state index >= 15 is 0 Å². The van der Waals surface area contributed by atoms with Gasteiger partial charge in [0.05, 0.1) is 4.47 Å². The Bertz CT molecular complexity index is 342. The Balaban J connectivity index is 0.00000196. The molecule has 7 heteroatoms. The van der Waals surface area contributed by atoms with E-state index in [-0.39, 0.29) is 22.4 Å². The minimum absolute atomic E-state index is 0. The van der Waals surface area contributed by atoms with Gasteiger partial charge >= 0.3 is 6.18 Å². The zero-order valence-electron chi connectivity index (χ0n) is 7.18. The molecule has 0 aromatic heterocycles. The lowest BCUT2D eigenvalue weighted by Crippen LogP contribution is -2.28. The van der Waals surface area contributed by atoms with Crippen LogP contribution in [0.3, 0.4) is 0 Å². The summed E-state index contributed by atoms with van der Waals surface area (Å²) in [4.78, 5) is 0. The fourth-order valence-electron chi connectivity index (χ4n) is 0.937. The highest BCUT2D eigenvalue weighted by Crippen LogP contribution is 2.35. The van der Waals surface area contributed by atoms with Gasteiger partial charge in [-0.3, -0.25) is 0 Å². The maximum Gasteiger partial charge on any atom is 0.407 e. The van der Waals surface area contributed by atoms with E-state index in [1.54, 1.807) is 0 Å². The summed E-state index contributed by atoms with van der Waals surface area (Å²) in [5.41, 5.74) is 4.61. The van der Waals surface area contributed by atoms with Gasteiger partial charge in [-0.05, 0) is 27.6 Å². The predicted molar refractivity (Wildman–Crippen MR) is 54.3 cm³/mol. The lowest BCUT2D eigenvalue weighted by Gasteiger charge is -2.17. The zero-order chi connectivity index (χ0) is 10.9. The molecule has 1 nitrogen and oxygen atoms in total. The minimum Gasteiger partial charge on any atom is -0.316 e. The Hall–Kier alpha value is -0.330. The molecule has 0 saturated heterocycles. The van der Waals surface area contributed by atoms with Gasteiger partial charge in [0.25, 0.3) is 0 Å². The van der Waals surface area contributed by atoms with E-state index in [4.69, 9.17) is 5.73 Å². The van der Waals surface area contributed by atoms with E-state index in [9.17, 15) is 17.6 Å². The first kappa shape index (κ1) is 14.7. The molecule has 0 spiro atoms. The summed E-state index contributed by atoms with van der Waals surface area (Å²) < 4.78 is 49.1. The molecule has 0 saturated carbocycles. The molecule has 86 valence electrons. The largest absolute Gasteiger partial charge is 0.407 e. The number of hydrogen-bond acceptors (Lipinski definition) is 1. The van der Waals surface area contributed by atoms with Crippen molar-refractivity contribution in [2.24, 2.45) is 5.73 Å². The van der Waals surface area contributed by atoms with E-state index in [1.807, 2.05) is 0 Å². The topological polar surface area (TPSA) is 26.0 Å². The van der Waals surface area contributed by atoms with Crippen molar-refractivity contribution in [3.05, 3.63) is 34.1 Å². The first-order valence-electron chi connectivity index (χ1n) is 3.60. The average Bonchev–Trinajstić information content (AvgIpc) is 2.07. The third-order valence-corrected chi connectivity index (χ3v) is 2.51. The molecule has 0 bridgehead atoms. The Morgan fingerprint density at radius 2 is 1.80 bits per heavy atom. The summed E-state index contributed by atoms with van der Waals surface area (Å²) >= 11 is 2.72. The minimum atomic E-state index is -4.57. The fourth-order valence-corrected chi connectivity index (χ4v) is 1.45. The number of alkyl halides is 3. The van der Waals surface area contributed by atoms with Gasteiger partial charge in [-0.15, -0.1) is 12.4 Å². The van der Waals surface area contributed by atoms with Crippen LogP contribution >= 0.6 is 28.3 Å². The van der Waals surface area contributed by atoms with Crippen LogP contribution in [0, 0.1) is 5.82 Å². The van der Waals surface area contributed by atoms with E-state index in [0.717, 1.165) is 12.1 Å². The van der Waals surface area contributed by atoms with Crippen LogP contribution in [0.5, 0.6) is 0 Å². The SMILES string of the molecule is Cl.N[C@H](c1cccc(F)c1Br)C(F)(F)F. The molecule has 1 rings (SSSR count). The molecule has 0 unspecified atom stereocenters. The Morgan fingerprint density at radius 3 is 2.27 bits per heavy atom. The van der Waals surface area contributed by atoms with E-state index in [2.05, 4.69) is 15.9 Å². The molecule has 0 heterocycles. The highest BCUT2D eigenvalue weighted by atomic mass is 79.9. The molecule has 0 aliphatic carbocycles. The molecular formula is C8H7BrClF4N. The molecule has 2 N–H and O–H groups in total. The van der Waals surface area contributed by atoms with E-state index in [0.29, 0.717) is 0 Å². The molecule has 0 aliphatic heterocycles.